The van der Waals surface area contributed by atoms with Crippen molar-refractivity contribution in [2.45, 2.75) is 71.6 Å². The Morgan fingerprint density at radius 1 is 1.15 bits per heavy atom. The van der Waals surface area contributed by atoms with Crippen molar-refractivity contribution in [2.24, 2.45) is 0 Å². The molecule has 0 aliphatic carbocycles. The molecule has 1 fully saturated rings. The monoisotopic (exact) mass is 470 g/mol. The molecule has 1 aliphatic heterocycles. The minimum Gasteiger partial charge on any atom is -0.360 e. The number of aryl methyl sites for hydroxylation is 2. The molecule has 10 heteroatoms. The van der Waals surface area contributed by atoms with Gasteiger partial charge in [0.2, 0.25) is 5.91 Å². The van der Waals surface area contributed by atoms with Crippen LogP contribution in [0.15, 0.2) is 21.8 Å². The van der Waals surface area contributed by atoms with Crippen LogP contribution in [0.25, 0.3) is 5.82 Å². The van der Waals surface area contributed by atoms with E-state index in [1.165, 1.54) is 11.8 Å². The Hall–Kier alpha value is -2.88. The zero-order chi connectivity index (χ0) is 23.5. The van der Waals surface area contributed by atoms with Crippen LogP contribution in [-0.4, -0.2) is 53.4 Å². The van der Waals surface area contributed by atoms with Gasteiger partial charge >= 0.3 is 0 Å². The van der Waals surface area contributed by atoms with Gasteiger partial charge in [-0.2, -0.15) is 0 Å². The molecule has 1 saturated heterocycles. The zero-order valence-corrected chi connectivity index (χ0v) is 20.4. The molecule has 3 aromatic heterocycles. The van der Waals surface area contributed by atoms with Crippen LogP contribution in [0.4, 0.5) is 0 Å². The number of thioether (sulfide) groups is 1. The SMILES string of the molecule is CCn1c(CN2CCCCCC2=O)nnc1SCC(=O)c1cc(C)n(-c2cc(C)on2)c1C. The standard InChI is InChI=1S/C23H30N6O3S/c1-5-28-21(13-27-10-8-6-7-9-22(27)31)24-25-23(28)33-14-19(30)18-11-15(2)29(17(18)4)20-12-16(3)32-26-20/h11-12H,5-10,13-14H2,1-4H3. The summed E-state index contributed by atoms with van der Waals surface area (Å²) in [6, 6.07) is 3.74. The summed E-state index contributed by atoms with van der Waals surface area (Å²) >= 11 is 1.38. The molecule has 0 aromatic carbocycles. The number of amides is 1. The average Bonchev–Trinajstić information content (AvgIpc) is 3.42. The molecule has 0 radical (unpaired) electrons. The highest BCUT2D eigenvalue weighted by atomic mass is 32.2. The third-order valence-electron chi connectivity index (χ3n) is 6.02. The topological polar surface area (TPSA) is 99.1 Å². The van der Waals surface area contributed by atoms with Crippen molar-refractivity contribution in [3.8, 4) is 5.82 Å². The second-order valence-electron chi connectivity index (χ2n) is 8.40. The molecule has 0 atom stereocenters. The molecular formula is C23H30N6O3S. The van der Waals surface area contributed by atoms with Crippen LogP contribution >= 0.6 is 11.8 Å². The maximum absolute atomic E-state index is 13.1. The first kappa shape index (κ1) is 23.3. The van der Waals surface area contributed by atoms with Gasteiger partial charge in [0.05, 0.1) is 12.3 Å². The Labute approximate surface area is 197 Å². The van der Waals surface area contributed by atoms with Crippen LogP contribution in [0, 0.1) is 20.8 Å². The lowest BCUT2D eigenvalue weighted by Gasteiger charge is -2.20. The van der Waals surface area contributed by atoms with E-state index >= 15 is 0 Å². The van der Waals surface area contributed by atoms with E-state index in [9.17, 15) is 9.59 Å². The smallest absolute Gasteiger partial charge is 0.222 e. The molecule has 1 amide bonds. The highest BCUT2D eigenvalue weighted by molar-refractivity contribution is 7.99. The molecule has 33 heavy (non-hydrogen) atoms. The normalized spacial score (nSPS) is 14.7. The van der Waals surface area contributed by atoms with Gasteiger partial charge in [-0.25, -0.2) is 0 Å². The third-order valence-corrected chi connectivity index (χ3v) is 6.99. The number of carbonyl (C=O) groups is 2. The van der Waals surface area contributed by atoms with Crippen molar-refractivity contribution >= 4 is 23.5 Å². The van der Waals surface area contributed by atoms with Crippen molar-refractivity contribution in [2.75, 3.05) is 12.3 Å². The number of nitrogens with zero attached hydrogens (tertiary/aromatic N) is 6. The zero-order valence-electron chi connectivity index (χ0n) is 19.6. The number of ketones is 1. The van der Waals surface area contributed by atoms with E-state index in [1.54, 1.807) is 0 Å². The van der Waals surface area contributed by atoms with Gasteiger partial charge in [0.1, 0.15) is 5.76 Å². The Morgan fingerprint density at radius 3 is 2.70 bits per heavy atom. The van der Waals surface area contributed by atoms with E-state index < -0.39 is 0 Å². The first-order valence-electron chi connectivity index (χ1n) is 11.4. The summed E-state index contributed by atoms with van der Waals surface area (Å²) in [5.74, 6) is 2.62. The summed E-state index contributed by atoms with van der Waals surface area (Å²) in [7, 11) is 0. The fraction of sp³-hybridized carbons (Fsp3) is 0.522. The third kappa shape index (κ3) is 4.90. The molecule has 176 valence electrons. The predicted molar refractivity (Wildman–Crippen MR) is 125 cm³/mol. The van der Waals surface area contributed by atoms with E-state index in [4.69, 9.17) is 4.52 Å². The second-order valence-corrected chi connectivity index (χ2v) is 9.34. The van der Waals surface area contributed by atoms with E-state index in [0.717, 1.165) is 48.8 Å². The van der Waals surface area contributed by atoms with E-state index in [-0.39, 0.29) is 17.4 Å². The van der Waals surface area contributed by atoms with Gasteiger partial charge in [-0.1, -0.05) is 23.3 Å². The van der Waals surface area contributed by atoms with Crippen molar-refractivity contribution in [3.63, 3.8) is 0 Å². The fourth-order valence-corrected chi connectivity index (χ4v) is 5.21. The largest absolute Gasteiger partial charge is 0.360 e. The fourth-order valence-electron chi connectivity index (χ4n) is 4.30. The van der Waals surface area contributed by atoms with Crippen LogP contribution < -0.4 is 0 Å². The minimum absolute atomic E-state index is 0.0227. The highest BCUT2D eigenvalue weighted by Crippen LogP contribution is 2.25. The molecule has 0 bridgehead atoms. The van der Waals surface area contributed by atoms with Gasteiger partial charge in [-0.15, -0.1) is 10.2 Å². The second kappa shape index (κ2) is 9.94. The van der Waals surface area contributed by atoms with E-state index in [0.29, 0.717) is 36.0 Å². The van der Waals surface area contributed by atoms with Gasteiger partial charge < -0.3 is 14.0 Å². The van der Waals surface area contributed by atoms with Crippen LogP contribution in [0.3, 0.4) is 0 Å². The molecule has 1 aliphatic rings. The molecule has 9 nitrogen and oxygen atoms in total. The molecule has 4 rings (SSSR count). The predicted octanol–water partition coefficient (Wildman–Crippen LogP) is 3.88. The van der Waals surface area contributed by atoms with Gasteiger partial charge in [-0.05, 0) is 46.6 Å². The highest BCUT2D eigenvalue weighted by Gasteiger charge is 2.22. The maximum Gasteiger partial charge on any atom is 0.222 e. The number of rotatable bonds is 8. The molecule has 4 heterocycles. The van der Waals surface area contributed by atoms with E-state index in [1.807, 2.05) is 53.9 Å². The number of carbonyl (C=O) groups excluding carboxylic acids is 2. The molecule has 0 unspecified atom stereocenters. The van der Waals surface area contributed by atoms with Crippen molar-refractivity contribution in [3.05, 3.63) is 40.7 Å². The first-order chi connectivity index (χ1) is 15.9. The lowest BCUT2D eigenvalue weighted by molar-refractivity contribution is -0.131. The molecule has 0 N–H and O–H groups in total. The van der Waals surface area contributed by atoms with Gasteiger partial charge in [-0.3, -0.25) is 14.2 Å². The number of likely N-dealkylation sites (tertiary alicyclic amines) is 1. The quantitative estimate of drug-likeness (QED) is 0.364. The van der Waals surface area contributed by atoms with Crippen LogP contribution in [0.1, 0.15) is 65.9 Å². The van der Waals surface area contributed by atoms with Crippen molar-refractivity contribution < 1.29 is 14.1 Å². The summed E-state index contributed by atoms with van der Waals surface area (Å²) in [4.78, 5) is 27.3. The molecule has 3 aromatic rings. The minimum atomic E-state index is 0.0227. The van der Waals surface area contributed by atoms with Crippen LogP contribution in [-0.2, 0) is 17.9 Å². The Balaban J connectivity index is 1.46. The lowest BCUT2D eigenvalue weighted by Crippen LogP contribution is -2.31. The Bertz CT molecular complexity index is 1160. The average molecular weight is 471 g/mol. The summed E-state index contributed by atoms with van der Waals surface area (Å²) in [5.41, 5.74) is 2.43. The summed E-state index contributed by atoms with van der Waals surface area (Å²) in [6.45, 7) is 9.64. The molecule has 0 saturated carbocycles. The summed E-state index contributed by atoms with van der Waals surface area (Å²) in [6.07, 6.45) is 3.66. The Kier molecular flexibility index (Phi) is 7.02. The molecule has 0 spiro atoms. The van der Waals surface area contributed by atoms with Gasteiger partial charge in [0.15, 0.2) is 22.6 Å². The van der Waals surface area contributed by atoms with Crippen molar-refractivity contribution in [1.82, 2.24) is 29.4 Å². The van der Waals surface area contributed by atoms with Crippen LogP contribution in [0.5, 0.6) is 0 Å². The Morgan fingerprint density at radius 2 is 1.97 bits per heavy atom. The van der Waals surface area contributed by atoms with Crippen molar-refractivity contribution in [1.29, 1.82) is 0 Å². The van der Waals surface area contributed by atoms with Crippen LogP contribution in [0.2, 0.25) is 0 Å². The molecular weight excluding hydrogens is 440 g/mol. The number of aromatic nitrogens is 5. The number of Topliss-reactive ketones (excluding diaryl/α,β-unsaturated/α-hetero) is 1. The number of hydrogen-bond donors (Lipinski definition) is 0. The van der Waals surface area contributed by atoms with E-state index in [2.05, 4.69) is 15.4 Å². The van der Waals surface area contributed by atoms with Gasteiger partial charge in [0, 0.05) is 42.5 Å². The van der Waals surface area contributed by atoms with Gasteiger partial charge in [0.25, 0.3) is 0 Å². The summed E-state index contributed by atoms with van der Waals surface area (Å²) in [5, 5.41) is 13.4. The first-order valence-corrected chi connectivity index (χ1v) is 12.4. The number of hydrogen-bond acceptors (Lipinski definition) is 7. The lowest BCUT2D eigenvalue weighted by atomic mass is 10.2. The summed E-state index contributed by atoms with van der Waals surface area (Å²) < 4.78 is 9.12. The maximum atomic E-state index is 13.1.